The standard InChI is InChI=1S/C17H18N2O/c1-2-13(8-18-7-1)12-3-5-14(6-4-12)20-11-17-15-9-19-10-16(15)17/h1-8,15-17,19H,9-11H2/t15-,16+,17?. The van der Waals surface area contributed by atoms with E-state index in [9.17, 15) is 0 Å². The first-order valence-electron chi connectivity index (χ1n) is 7.26. The summed E-state index contributed by atoms with van der Waals surface area (Å²) in [4.78, 5) is 4.15. The summed E-state index contributed by atoms with van der Waals surface area (Å²) in [6.07, 6.45) is 3.68. The van der Waals surface area contributed by atoms with Gasteiger partial charge in [-0.05, 0) is 54.3 Å². The number of hydrogen-bond donors (Lipinski definition) is 1. The summed E-state index contributed by atoms with van der Waals surface area (Å²) >= 11 is 0. The van der Waals surface area contributed by atoms with Crippen LogP contribution in [-0.2, 0) is 0 Å². The van der Waals surface area contributed by atoms with Crippen LogP contribution in [0.4, 0.5) is 0 Å². The summed E-state index contributed by atoms with van der Waals surface area (Å²) < 4.78 is 5.91. The second-order valence-corrected chi connectivity index (χ2v) is 5.73. The van der Waals surface area contributed by atoms with Crippen molar-refractivity contribution in [2.45, 2.75) is 0 Å². The number of nitrogens with one attached hydrogen (secondary N) is 1. The van der Waals surface area contributed by atoms with E-state index in [1.807, 2.05) is 12.3 Å². The fraction of sp³-hybridized carbons (Fsp3) is 0.353. The minimum absolute atomic E-state index is 0.772. The molecule has 2 heterocycles. The van der Waals surface area contributed by atoms with E-state index in [1.165, 1.54) is 18.7 Å². The molecular formula is C17H18N2O. The van der Waals surface area contributed by atoms with Crippen molar-refractivity contribution >= 4 is 0 Å². The fourth-order valence-electron chi connectivity index (χ4n) is 3.26. The molecule has 1 aromatic carbocycles. The number of aromatic nitrogens is 1. The Morgan fingerprint density at radius 1 is 1.05 bits per heavy atom. The van der Waals surface area contributed by atoms with E-state index >= 15 is 0 Å². The topological polar surface area (TPSA) is 34.1 Å². The summed E-state index contributed by atoms with van der Waals surface area (Å²) in [5, 5.41) is 3.41. The van der Waals surface area contributed by atoms with Crippen LogP contribution in [0.2, 0.25) is 0 Å². The monoisotopic (exact) mass is 266 g/mol. The normalized spacial score (nSPS) is 27.1. The maximum absolute atomic E-state index is 5.91. The van der Waals surface area contributed by atoms with Gasteiger partial charge in [0.05, 0.1) is 6.61 Å². The molecule has 3 heteroatoms. The molecule has 20 heavy (non-hydrogen) atoms. The Balaban J connectivity index is 1.38. The lowest BCUT2D eigenvalue weighted by Gasteiger charge is -2.09. The van der Waals surface area contributed by atoms with Gasteiger partial charge in [0.2, 0.25) is 0 Å². The highest BCUT2D eigenvalue weighted by atomic mass is 16.5. The average Bonchev–Trinajstić information content (AvgIpc) is 2.94. The molecule has 1 aliphatic carbocycles. The second kappa shape index (κ2) is 4.91. The first kappa shape index (κ1) is 11.9. The number of ether oxygens (including phenoxy) is 1. The van der Waals surface area contributed by atoms with Gasteiger partial charge in [-0.15, -0.1) is 0 Å². The zero-order valence-corrected chi connectivity index (χ0v) is 11.3. The molecule has 4 rings (SSSR count). The Morgan fingerprint density at radius 3 is 2.55 bits per heavy atom. The third-order valence-electron chi connectivity index (χ3n) is 4.56. The van der Waals surface area contributed by atoms with Crippen LogP contribution in [0.15, 0.2) is 48.8 Å². The third kappa shape index (κ3) is 2.18. The molecule has 0 bridgehead atoms. The van der Waals surface area contributed by atoms with E-state index in [0.29, 0.717) is 0 Å². The highest BCUT2D eigenvalue weighted by Gasteiger charge is 2.52. The first-order valence-corrected chi connectivity index (χ1v) is 7.26. The lowest BCUT2D eigenvalue weighted by Crippen LogP contribution is -2.17. The van der Waals surface area contributed by atoms with E-state index in [0.717, 1.165) is 35.7 Å². The molecule has 1 aromatic heterocycles. The van der Waals surface area contributed by atoms with Gasteiger partial charge in [0.15, 0.2) is 0 Å². The Morgan fingerprint density at radius 2 is 1.85 bits per heavy atom. The number of nitrogens with zero attached hydrogens (tertiary/aromatic N) is 1. The molecule has 102 valence electrons. The maximum atomic E-state index is 5.91. The lowest BCUT2D eigenvalue weighted by molar-refractivity contribution is 0.280. The van der Waals surface area contributed by atoms with Crippen LogP contribution >= 0.6 is 0 Å². The Hall–Kier alpha value is -1.87. The minimum Gasteiger partial charge on any atom is -0.493 e. The van der Waals surface area contributed by atoms with E-state index in [-0.39, 0.29) is 0 Å². The van der Waals surface area contributed by atoms with Gasteiger partial charge in [0.1, 0.15) is 5.75 Å². The van der Waals surface area contributed by atoms with Gasteiger partial charge in [0, 0.05) is 18.3 Å². The number of piperidine rings is 1. The van der Waals surface area contributed by atoms with Crippen LogP contribution in [0.25, 0.3) is 11.1 Å². The van der Waals surface area contributed by atoms with Crippen molar-refractivity contribution in [2.75, 3.05) is 19.7 Å². The zero-order valence-electron chi connectivity index (χ0n) is 11.3. The Labute approximate surface area is 119 Å². The SMILES string of the molecule is c1cncc(-c2ccc(OCC3[C@H]4CNC[C@@H]34)cc2)c1. The molecule has 0 spiro atoms. The molecule has 3 atom stereocenters. The summed E-state index contributed by atoms with van der Waals surface area (Å²) in [7, 11) is 0. The van der Waals surface area contributed by atoms with E-state index < -0.39 is 0 Å². The van der Waals surface area contributed by atoms with Gasteiger partial charge < -0.3 is 10.1 Å². The van der Waals surface area contributed by atoms with E-state index in [2.05, 4.69) is 40.6 Å². The largest absolute Gasteiger partial charge is 0.493 e. The van der Waals surface area contributed by atoms with Crippen molar-refractivity contribution in [3.05, 3.63) is 48.8 Å². The van der Waals surface area contributed by atoms with Gasteiger partial charge in [0.25, 0.3) is 0 Å². The predicted octanol–water partition coefficient (Wildman–Crippen LogP) is 2.59. The van der Waals surface area contributed by atoms with Crippen molar-refractivity contribution in [2.24, 2.45) is 17.8 Å². The van der Waals surface area contributed by atoms with E-state index in [1.54, 1.807) is 6.20 Å². The smallest absolute Gasteiger partial charge is 0.119 e. The fourth-order valence-corrected chi connectivity index (χ4v) is 3.26. The van der Waals surface area contributed by atoms with Gasteiger partial charge >= 0.3 is 0 Å². The van der Waals surface area contributed by atoms with Gasteiger partial charge in [-0.2, -0.15) is 0 Å². The van der Waals surface area contributed by atoms with Crippen molar-refractivity contribution in [1.29, 1.82) is 0 Å². The quantitative estimate of drug-likeness (QED) is 0.923. The Kier molecular flexibility index (Phi) is 2.92. The molecule has 2 aromatic rings. The van der Waals surface area contributed by atoms with Crippen molar-refractivity contribution < 1.29 is 4.74 Å². The number of hydrogen-bond acceptors (Lipinski definition) is 3. The van der Waals surface area contributed by atoms with Crippen molar-refractivity contribution in [3.8, 4) is 16.9 Å². The molecule has 1 aliphatic heterocycles. The van der Waals surface area contributed by atoms with Crippen LogP contribution < -0.4 is 10.1 Å². The number of pyridine rings is 1. The van der Waals surface area contributed by atoms with Gasteiger partial charge in [-0.1, -0.05) is 18.2 Å². The Bertz CT molecular complexity index is 572. The molecule has 0 radical (unpaired) electrons. The highest BCUT2D eigenvalue weighted by molar-refractivity contribution is 5.62. The number of rotatable bonds is 4. The van der Waals surface area contributed by atoms with Gasteiger partial charge in [-0.3, -0.25) is 4.98 Å². The number of fused-ring (bicyclic) bond motifs is 1. The van der Waals surface area contributed by atoms with Crippen LogP contribution in [0, 0.1) is 17.8 Å². The average molecular weight is 266 g/mol. The molecule has 1 N–H and O–H groups in total. The molecule has 1 saturated carbocycles. The summed E-state index contributed by atoms with van der Waals surface area (Å²) in [6, 6.07) is 12.3. The molecular weight excluding hydrogens is 248 g/mol. The predicted molar refractivity (Wildman–Crippen MR) is 78.5 cm³/mol. The molecule has 1 unspecified atom stereocenters. The van der Waals surface area contributed by atoms with Gasteiger partial charge in [-0.25, -0.2) is 0 Å². The molecule has 2 aliphatic rings. The highest BCUT2D eigenvalue weighted by Crippen LogP contribution is 2.48. The second-order valence-electron chi connectivity index (χ2n) is 5.73. The zero-order chi connectivity index (χ0) is 13.4. The maximum Gasteiger partial charge on any atom is 0.119 e. The molecule has 2 fully saturated rings. The number of benzene rings is 1. The summed E-state index contributed by atoms with van der Waals surface area (Å²) in [5.41, 5.74) is 2.32. The first-order chi connectivity index (χ1) is 9.92. The summed E-state index contributed by atoms with van der Waals surface area (Å²) in [5.74, 6) is 3.47. The summed E-state index contributed by atoms with van der Waals surface area (Å²) in [6.45, 7) is 3.22. The van der Waals surface area contributed by atoms with Crippen LogP contribution in [-0.4, -0.2) is 24.7 Å². The van der Waals surface area contributed by atoms with Crippen molar-refractivity contribution in [1.82, 2.24) is 10.3 Å². The minimum atomic E-state index is 0.772. The molecule has 3 nitrogen and oxygen atoms in total. The van der Waals surface area contributed by atoms with Crippen LogP contribution in [0.3, 0.4) is 0 Å². The van der Waals surface area contributed by atoms with Crippen LogP contribution in [0.1, 0.15) is 0 Å². The van der Waals surface area contributed by atoms with Crippen LogP contribution in [0.5, 0.6) is 5.75 Å². The molecule has 1 saturated heterocycles. The molecule has 0 amide bonds. The lowest BCUT2D eigenvalue weighted by atomic mass is 10.1. The van der Waals surface area contributed by atoms with Crippen molar-refractivity contribution in [3.63, 3.8) is 0 Å². The third-order valence-corrected chi connectivity index (χ3v) is 4.56. The van der Waals surface area contributed by atoms with E-state index in [4.69, 9.17) is 4.74 Å².